The van der Waals surface area contributed by atoms with Gasteiger partial charge in [0.25, 0.3) is 0 Å². The van der Waals surface area contributed by atoms with Crippen LogP contribution >= 0.6 is 0 Å². The molecule has 0 aromatic carbocycles. The predicted octanol–water partition coefficient (Wildman–Crippen LogP) is 2.55. The summed E-state index contributed by atoms with van der Waals surface area (Å²) in [7, 11) is 0. The highest BCUT2D eigenvalue weighted by Gasteiger charge is 2.09. The molecule has 4 heteroatoms. The van der Waals surface area contributed by atoms with Gasteiger partial charge < -0.3 is 13.7 Å². The lowest BCUT2D eigenvalue weighted by atomic mass is 10.4. The molecule has 2 rings (SSSR count). The number of aromatic nitrogens is 1. The molecule has 2 aromatic heterocycles. The molecule has 0 aliphatic heterocycles. The molecule has 0 saturated carbocycles. The van der Waals surface area contributed by atoms with Gasteiger partial charge in [-0.2, -0.15) is 0 Å². The zero-order valence-corrected chi connectivity index (χ0v) is 9.97. The van der Waals surface area contributed by atoms with Crippen molar-refractivity contribution < 1.29 is 13.9 Å². The van der Waals surface area contributed by atoms with E-state index < -0.39 is 5.97 Å². The van der Waals surface area contributed by atoms with Crippen molar-refractivity contribution in [2.75, 3.05) is 6.61 Å². The Kier molecular flexibility index (Phi) is 3.32. The molecule has 0 unspecified atom stereocenters. The quantitative estimate of drug-likeness (QED) is 0.762. The summed E-state index contributed by atoms with van der Waals surface area (Å²) < 4.78 is 12.2. The topological polar surface area (TPSA) is 44.4 Å². The number of esters is 1. The maximum absolute atomic E-state index is 11.5. The maximum Gasteiger partial charge on any atom is 0.374 e. The second kappa shape index (κ2) is 4.91. The number of nitrogens with zero attached hydrogens (tertiary/aromatic N) is 1. The van der Waals surface area contributed by atoms with Crippen LogP contribution in [0.25, 0.3) is 0 Å². The highest BCUT2D eigenvalue weighted by atomic mass is 16.5. The van der Waals surface area contributed by atoms with E-state index >= 15 is 0 Å². The first-order chi connectivity index (χ1) is 8.18. The van der Waals surface area contributed by atoms with Gasteiger partial charge >= 0.3 is 5.97 Å². The first-order valence-corrected chi connectivity index (χ1v) is 5.52. The summed E-state index contributed by atoms with van der Waals surface area (Å²) in [4.78, 5) is 11.5. The largest absolute Gasteiger partial charge is 0.458 e. The molecule has 17 heavy (non-hydrogen) atoms. The first kappa shape index (κ1) is 11.5. The molecule has 0 atom stereocenters. The number of furan rings is 1. The molecule has 2 heterocycles. The van der Waals surface area contributed by atoms with Crippen molar-refractivity contribution in [3.8, 4) is 0 Å². The summed E-state index contributed by atoms with van der Waals surface area (Å²) in [5.41, 5.74) is 2.33. The van der Waals surface area contributed by atoms with Crippen LogP contribution in [-0.4, -0.2) is 17.1 Å². The van der Waals surface area contributed by atoms with Crippen LogP contribution in [0.3, 0.4) is 0 Å². The van der Waals surface area contributed by atoms with Gasteiger partial charge in [-0.25, -0.2) is 4.79 Å². The minimum atomic E-state index is -0.419. The van der Waals surface area contributed by atoms with Gasteiger partial charge in [-0.1, -0.05) is 0 Å². The lowest BCUT2D eigenvalue weighted by Gasteiger charge is -2.09. The molecule has 4 nitrogen and oxygen atoms in total. The molecule has 0 amide bonds. The normalized spacial score (nSPS) is 10.5. The van der Waals surface area contributed by atoms with Crippen LogP contribution in [0.1, 0.15) is 21.9 Å². The third-order valence-corrected chi connectivity index (χ3v) is 2.69. The second-order valence-electron chi connectivity index (χ2n) is 3.88. The van der Waals surface area contributed by atoms with E-state index in [-0.39, 0.29) is 5.76 Å². The zero-order chi connectivity index (χ0) is 12.3. The number of rotatable bonds is 4. The van der Waals surface area contributed by atoms with E-state index in [4.69, 9.17) is 9.15 Å². The van der Waals surface area contributed by atoms with E-state index in [0.29, 0.717) is 13.2 Å². The first-order valence-electron chi connectivity index (χ1n) is 5.52. The molecule has 0 N–H and O–H groups in total. The molecule has 0 radical (unpaired) electrons. The summed E-state index contributed by atoms with van der Waals surface area (Å²) in [6.45, 7) is 5.07. The van der Waals surface area contributed by atoms with E-state index in [2.05, 4.69) is 4.57 Å². The van der Waals surface area contributed by atoms with Crippen molar-refractivity contribution >= 4 is 5.97 Å². The SMILES string of the molecule is Cc1ccc(C)n1CCOC(=O)c1ccco1. The fraction of sp³-hybridized carbons (Fsp3) is 0.308. The van der Waals surface area contributed by atoms with Crippen molar-refractivity contribution in [2.45, 2.75) is 20.4 Å². The number of hydrogen-bond acceptors (Lipinski definition) is 3. The molecule has 0 aliphatic carbocycles. The number of ether oxygens (including phenoxy) is 1. The van der Waals surface area contributed by atoms with Crippen LogP contribution in [0.4, 0.5) is 0 Å². The average molecular weight is 233 g/mol. The number of carbonyl (C=O) groups is 1. The highest BCUT2D eigenvalue weighted by Crippen LogP contribution is 2.07. The molecule has 2 aromatic rings. The molecule has 90 valence electrons. The number of aryl methyl sites for hydroxylation is 2. The Hall–Kier alpha value is -1.97. The van der Waals surface area contributed by atoms with E-state index in [9.17, 15) is 4.79 Å². The van der Waals surface area contributed by atoms with Gasteiger partial charge in [-0.05, 0) is 38.1 Å². The van der Waals surface area contributed by atoms with E-state index in [1.54, 1.807) is 12.1 Å². The van der Waals surface area contributed by atoms with Gasteiger partial charge in [0.05, 0.1) is 12.8 Å². The fourth-order valence-electron chi connectivity index (χ4n) is 1.75. The summed E-state index contributed by atoms with van der Waals surface area (Å²) in [6, 6.07) is 7.35. The third kappa shape index (κ3) is 2.58. The Morgan fingerprint density at radius 1 is 1.29 bits per heavy atom. The van der Waals surface area contributed by atoms with Gasteiger partial charge in [0.1, 0.15) is 6.61 Å². The van der Waals surface area contributed by atoms with E-state index in [1.165, 1.54) is 6.26 Å². The van der Waals surface area contributed by atoms with Gasteiger partial charge in [0.2, 0.25) is 5.76 Å². The molecule has 0 bridgehead atoms. The fourth-order valence-corrected chi connectivity index (χ4v) is 1.75. The van der Waals surface area contributed by atoms with Gasteiger partial charge in [0, 0.05) is 11.4 Å². The number of carbonyl (C=O) groups excluding carboxylic acids is 1. The van der Waals surface area contributed by atoms with E-state index in [0.717, 1.165) is 11.4 Å². The molecule has 0 spiro atoms. The Bertz CT molecular complexity index is 477. The lowest BCUT2D eigenvalue weighted by Crippen LogP contribution is -2.12. The zero-order valence-electron chi connectivity index (χ0n) is 9.97. The molecular weight excluding hydrogens is 218 g/mol. The Balaban J connectivity index is 1.86. The minimum Gasteiger partial charge on any atom is -0.458 e. The summed E-state index contributed by atoms with van der Waals surface area (Å²) in [5.74, 6) is -0.177. The number of hydrogen-bond donors (Lipinski definition) is 0. The van der Waals surface area contributed by atoms with Crippen molar-refractivity contribution in [2.24, 2.45) is 0 Å². The highest BCUT2D eigenvalue weighted by molar-refractivity contribution is 5.86. The van der Waals surface area contributed by atoms with Crippen LogP contribution in [0.2, 0.25) is 0 Å². The Morgan fingerprint density at radius 3 is 2.59 bits per heavy atom. The summed E-state index contributed by atoms with van der Waals surface area (Å²) >= 11 is 0. The van der Waals surface area contributed by atoms with Crippen LogP contribution in [0.15, 0.2) is 34.9 Å². The smallest absolute Gasteiger partial charge is 0.374 e. The van der Waals surface area contributed by atoms with Crippen molar-refractivity contribution in [3.05, 3.63) is 47.7 Å². The van der Waals surface area contributed by atoms with Crippen LogP contribution in [0, 0.1) is 13.8 Å². The van der Waals surface area contributed by atoms with Gasteiger partial charge in [-0.3, -0.25) is 0 Å². The van der Waals surface area contributed by atoms with Crippen LogP contribution in [-0.2, 0) is 11.3 Å². The summed E-state index contributed by atoms with van der Waals surface area (Å²) in [6.07, 6.45) is 1.46. The van der Waals surface area contributed by atoms with E-state index in [1.807, 2.05) is 26.0 Å². The molecule has 0 fully saturated rings. The lowest BCUT2D eigenvalue weighted by molar-refractivity contribution is 0.0454. The molecule has 0 saturated heterocycles. The molecule has 0 aliphatic rings. The van der Waals surface area contributed by atoms with Crippen LogP contribution in [0.5, 0.6) is 0 Å². The maximum atomic E-state index is 11.5. The third-order valence-electron chi connectivity index (χ3n) is 2.69. The molecular formula is C13H15NO3. The summed E-state index contributed by atoms with van der Waals surface area (Å²) in [5, 5.41) is 0. The van der Waals surface area contributed by atoms with Gasteiger partial charge in [-0.15, -0.1) is 0 Å². The standard InChI is InChI=1S/C13H15NO3/c1-10-5-6-11(2)14(10)7-9-17-13(15)12-4-3-8-16-12/h3-6,8H,7,9H2,1-2H3. The minimum absolute atomic E-state index is 0.242. The second-order valence-corrected chi connectivity index (χ2v) is 3.88. The monoisotopic (exact) mass is 233 g/mol. The Morgan fingerprint density at radius 2 is 2.00 bits per heavy atom. The van der Waals surface area contributed by atoms with Crippen molar-refractivity contribution in [1.29, 1.82) is 0 Å². The van der Waals surface area contributed by atoms with Crippen molar-refractivity contribution in [3.63, 3.8) is 0 Å². The van der Waals surface area contributed by atoms with Gasteiger partial charge in [0.15, 0.2) is 0 Å². The van der Waals surface area contributed by atoms with Crippen molar-refractivity contribution in [1.82, 2.24) is 4.57 Å². The average Bonchev–Trinajstić information content (AvgIpc) is 2.93. The Labute approximate surface area is 99.8 Å². The predicted molar refractivity (Wildman–Crippen MR) is 62.9 cm³/mol. The van der Waals surface area contributed by atoms with Crippen LogP contribution < -0.4 is 0 Å².